The van der Waals surface area contributed by atoms with E-state index in [4.69, 9.17) is 21.1 Å². The van der Waals surface area contributed by atoms with Gasteiger partial charge in [0, 0.05) is 25.0 Å². The number of rotatable bonds is 6. The summed E-state index contributed by atoms with van der Waals surface area (Å²) in [4.78, 5) is 16.2. The van der Waals surface area contributed by atoms with E-state index in [1.807, 2.05) is 30.3 Å². The van der Waals surface area contributed by atoms with E-state index >= 15 is 0 Å². The van der Waals surface area contributed by atoms with Crippen molar-refractivity contribution in [3.05, 3.63) is 65.5 Å². The molecule has 0 aliphatic carbocycles. The first-order chi connectivity index (χ1) is 11.5. The second-order valence-electron chi connectivity index (χ2n) is 5.09. The van der Waals surface area contributed by atoms with E-state index in [-0.39, 0.29) is 18.1 Å². The fraction of sp³-hybridized carbons (Fsp3) is 0.176. The minimum absolute atomic E-state index is 0.184. The number of nitrogens with zero attached hydrogens (tertiary/aromatic N) is 2. The minimum Gasteiger partial charge on any atom is -0.472 e. The van der Waals surface area contributed by atoms with Gasteiger partial charge in [0.2, 0.25) is 5.88 Å². The number of esters is 1. The molecule has 0 atom stereocenters. The number of aromatic nitrogens is 1. The molecule has 0 aliphatic rings. The van der Waals surface area contributed by atoms with Gasteiger partial charge in [-0.1, -0.05) is 30.3 Å². The fourth-order valence-electron chi connectivity index (χ4n) is 2.00. The zero-order chi connectivity index (χ0) is 17.5. The van der Waals surface area contributed by atoms with Crippen LogP contribution < -0.4 is 16.3 Å². The average molecular weight is 328 g/mol. The van der Waals surface area contributed by atoms with Crippen molar-refractivity contribution in [2.45, 2.75) is 6.61 Å². The largest absolute Gasteiger partial charge is 0.472 e. The van der Waals surface area contributed by atoms with E-state index in [0.717, 1.165) is 5.56 Å². The number of methoxy groups -OCH3 is 1. The molecule has 0 radical (unpaired) electrons. The molecular formula is C17H20N4O3. The SMILES string of the molecule is COC(=O)c1cc(/C(N)=C/N(C)N)cnc1OCc1ccccc1. The maximum Gasteiger partial charge on any atom is 0.343 e. The first-order valence-corrected chi connectivity index (χ1v) is 7.21. The van der Waals surface area contributed by atoms with Crippen molar-refractivity contribution in [1.82, 2.24) is 9.99 Å². The molecule has 2 rings (SSSR count). The molecule has 0 saturated heterocycles. The number of carbonyl (C=O) groups excluding carboxylic acids is 1. The number of nitrogens with two attached hydrogens (primary N) is 2. The first kappa shape index (κ1) is 17.3. The van der Waals surface area contributed by atoms with Gasteiger partial charge in [0.05, 0.1) is 12.8 Å². The molecule has 7 nitrogen and oxygen atoms in total. The smallest absolute Gasteiger partial charge is 0.343 e. The first-order valence-electron chi connectivity index (χ1n) is 7.21. The monoisotopic (exact) mass is 328 g/mol. The summed E-state index contributed by atoms with van der Waals surface area (Å²) in [6, 6.07) is 11.1. The highest BCUT2D eigenvalue weighted by Crippen LogP contribution is 2.21. The Bertz CT molecular complexity index is 730. The fourth-order valence-corrected chi connectivity index (χ4v) is 2.00. The van der Waals surface area contributed by atoms with Gasteiger partial charge in [0.25, 0.3) is 0 Å². The zero-order valence-corrected chi connectivity index (χ0v) is 13.6. The number of pyridine rings is 1. The van der Waals surface area contributed by atoms with Gasteiger partial charge in [-0.15, -0.1) is 0 Å². The van der Waals surface area contributed by atoms with Crippen LogP contribution in [0.3, 0.4) is 0 Å². The van der Waals surface area contributed by atoms with Crippen LogP contribution in [0, 0.1) is 0 Å². The Hall–Kier alpha value is -3.06. The van der Waals surface area contributed by atoms with Gasteiger partial charge in [-0.3, -0.25) is 0 Å². The number of carbonyl (C=O) groups is 1. The third-order valence-corrected chi connectivity index (χ3v) is 3.15. The third kappa shape index (κ3) is 4.47. The lowest BCUT2D eigenvalue weighted by atomic mass is 10.1. The summed E-state index contributed by atoms with van der Waals surface area (Å²) < 4.78 is 10.4. The molecule has 126 valence electrons. The Morgan fingerprint density at radius 1 is 1.33 bits per heavy atom. The molecule has 1 aromatic heterocycles. The zero-order valence-electron chi connectivity index (χ0n) is 13.6. The molecule has 0 bridgehead atoms. The second-order valence-corrected chi connectivity index (χ2v) is 5.09. The molecule has 2 aromatic rings. The van der Waals surface area contributed by atoms with Gasteiger partial charge in [0.1, 0.15) is 12.2 Å². The lowest BCUT2D eigenvalue weighted by molar-refractivity contribution is 0.0594. The molecular weight excluding hydrogens is 308 g/mol. The Morgan fingerprint density at radius 2 is 2.04 bits per heavy atom. The summed E-state index contributed by atoms with van der Waals surface area (Å²) >= 11 is 0. The van der Waals surface area contributed by atoms with Crippen molar-refractivity contribution in [1.29, 1.82) is 0 Å². The molecule has 4 N–H and O–H groups in total. The Balaban J connectivity index is 2.28. The van der Waals surface area contributed by atoms with E-state index in [2.05, 4.69) is 4.98 Å². The highest BCUT2D eigenvalue weighted by atomic mass is 16.5. The summed E-state index contributed by atoms with van der Waals surface area (Å²) in [5, 5.41) is 1.31. The molecule has 1 heterocycles. The van der Waals surface area contributed by atoms with Crippen LogP contribution in [0.2, 0.25) is 0 Å². The second kappa shape index (κ2) is 7.98. The molecule has 0 unspecified atom stereocenters. The van der Waals surface area contributed by atoms with Crippen LogP contribution in [0.1, 0.15) is 21.5 Å². The van der Waals surface area contributed by atoms with Crippen LogP contribution >= 0.6 is 0 Å². The van der Waals surface area contributed by atoms with Gasteiger partial charge in [-0.2, -0.15) is 0 Å². The highest BCUT2D eigenvalue weighted by molar-refractivity contribution is 5.92. The van der Waals surface area contributed by atoms with Crippen LogP contribution in [0.5, 0.6) is 5.88 Å². The average Bonchev–Trinajstić information content (AvgIpc) is 2.59. The number of hydrazine groups is 1. The molecule has 0 amide bonds. The summed E-state index contributed by atoms with van der Waals surface area (Å²) in [5.74, 6) is 5.17. The minimum atomic E-state index is -0.554. The maximum atomic E-state index is 12.0. The van der Waals surface area contributed by atoms with Gasteiger partial charge < -0.3 is 20.2 Å². The van der Waals surface area contributed by atoms with E-state index in [1.54, 1.807) is 13.1 Å². The maximum absolute atomic E-state index is 12.0. The molecule has 0 aliphatic heterocycles. The molecule has 0 spiro atoms. The van der Waals surface area contributed by atoms with Crippen LogP contribution in [-0.4, -0.2) is 30.1 Å². The van der Waals surface area contributed by atoms with E-state index < -0.39 is 5.97 Å². The van der Waals surface area contributed by atoms with Crippen molar-refractivity contribution in [2.24, 2.45) is 11.6 Å². The van der Waals surface area contributed by atoms with Gasteiger partial charge in [0.15, 0.2) is 0 Å². The van der Waals surface area contributed by atoms with Crippen molar-refractivity contribution < 1.29 is 14.3 Å². The summed E-state index contributed by atoms with van der Waals surface area (Å²) in [7, 11) is 2.93. The summed E-state index contributed by atoms with van der Waals surface area (Å²) in [5.41, 5.74) is 8.00. The van der Waals surface area contributed by atoms with E-state index in [9.17, 15) is 4.79 Å². The lowest BCUT2D eigenvalue weighted by Gasteiger charge is -2.12. The standard InChI is InChI=1S/C17H20N4O3/c1-21(19)10-15(18)13-8-14(17(22)23-2)16(20-9-13)24-11-12-6-4-3-5-7-12/h3-10H,11,18-19H2,1-2H3/b15-10-. The normalized spacial score (nSPS) is 11.0. The van der Waals surface area contributed by atoms with Gasteiger partial charge in [-0.05, 0) is 11.6 Å². The molecule has 0 saturated carbocycles. The predicted molar refractivity (Wildman–Crippen MR) is 90.5 cm³/mol. The molecule has 0 fully saturated rings. The van der Waals surface area contributed by atoms with Crippen molar-refractivity contribution in [2.75, 3.05) is 14.2 Å². The van der Waals surface area contributed by atoms with Crippen LogP contribution in [0.25, 0.3) is 5.70 Å². The van der Waals surface area contributed by atoms with E-state index in [1.165, 1.54) is 24.5 Å². The summed E-state index contributed by atoms with van der Waals surface area (Å²) in [6.45, 7) is 0.286. The van der Waals surface area contributed by atoms with Crippen LogP contribution in [0.15, 0.2) is 48.8 Å². The predicted octanol–water partition coefficient (Wildman–Crippen LogP) is 1.51. The van der Waals surface area contributed by atoms with Crippen molar-refractivity contribution in [3.8, 4) is 5.88 Å². The highest BCUT2D eigenvalue weighted by Gasteiger charge is 2.17. The molecule has 7 heteroatoms. The van der Waals surface area contributed by atoms with Crippen LogP contribution in [0.4, 0.5) is 0 Å². The topological polar surface area (TPSA) is 104 Å². The van der Waals surface area contributed by atoms with Crippen molar-refractivity contribution >= 4 is 11.7 Å². The van der Waals surface area contributed by atoms with Gasteiger partial charge >= 0.3 is 5.97 Å². The van der Waals surface area contributed by atoms with Gasteiger partial charge in [-0.25, -0.2) is 15.6 Å². The lowest BCUT2D eigenvalue weighted by Crippen LogP contribution is -2.20. The molecule has 1 aromatic carbocycles. The Labute approximate surface area is 140 Å². The van der Waals surface area contributed by atoms with Crippen LogP contribution in [-0.2, 0) is 11.3 Å². The van der Waals surface area contributed by atoms with E-state index in [0.29, 0.717) is 11.3 Å². The number of hydrogen-bond donors (Lipinski definition) is 2. The Kier molecular flexibility index (Phi) is 5.75. The number of ether oxygens (including phenoxy) is 2. The summed E-state index contributed by atoms with van der Waals surface area (Å²) in [6.07, 6.45) is 3.03. The Morgan fingerprint density at radius 3 is 2.67 bits per heavy atom. The quantitative estimate of drug-likeness (QED) is 0.470. The van der Waals surface area contributed by atoms with Crippen molar-refractivity contribution in [3.63, 3.8) is 0 Å². The molecule has 24 heavy (non-hydrogen) atoms. The third-order valence-electron chi connectivity index (χ3n) is 3.15. The number of benzene rings is 1. The number of hydrogen-bond acceptors (Lipinski definition) is 7.